The molecule has 1 aromatic heterocycles. The van der Waals surface area contributed by atoms with Crippen LogP contribution in [0.25, 0.3) is 0 Å². The van der Waals surface area contributed by atoms with Crippen molar-refractivity contribution < 1.29 is 13.9 Å². The lowest BCUT2D eigenvalue weighted by Gasteiger charge is -2.41. The Balaban J connectivity index is 1.97. The van der Waals surface area contributed by atoms with Crippen molar-refractivity contribution in [1.29, 1.82) is 0 Å². The first-order valence-electron chi connectivity index (χ1n) is 9.20. The van der Waals surface area contributed by atoms with Crippen molar-refractivity contribution in [2.45, 2.75) is 66.0 Å². The largest absolute Gasteiger partial charge is 0.467 e. The molecule has 2 atom stereocenters. The van der Waals surface area contributed by atoms with Gasteiger partial charge in [-0.05, 0) is 63.0 Å². The Kier molecular flexibility index (Phi) is 6.50. The monoisotopic (exact) mass is 335 g/mol. The van der Waals surface area contributed by atoms with E-state index in [1.54, 1.807) is 13.2 Å². The maximum Gasteiger partial charge on any atom is 0.219 e. The van der Waals surface area contributed by atoms with Crippen molar-refractivity contribution in [2.75, 3.05) is 13.2 Å². The van der Waals surface area contributed by atoms with E-state index in [9.17, 15) is 4.79 Å². The second kappa shape index (κ2) is 8.19. The van der Waals surface area contributed by atoms with Crippen LogP contribution in [0, 0.1) is 17.8 Å². The summed E-state index contributed by atoms with van der Waals surface area (Å²) < 4.78 is 11.3. The van der Waals surface area contributed by atoms with Crippen molar-refractivity contribution in [3.63, 3.8) is 0 Å². The smallest absolute Gasteiger partial charge is 0.219 e. The van der Waals surface area contributed by atoms with Gasteiger partial charge in [-0.25, -0.2) is 0 Å². The van der Waals surface area contributed by atoms with Crippen LogP contribution in [0.4, 0.5) is 0 Å². The number of hydrogen-bond acceptors (Lipinski definition) is 3. The molecule has 1 saturated heterocycles. The van der Waals surface area contributed by atoms with E-state index in [-0.39, 0.29) is 11.5 Å². The highest BCUT2D eigenvalue weighted by molar-refractivity contribution is 5.73. The van der Waals surface area contributed by atoms with E-state index < -0.39 is 0 Å². The van der Waals surface area contributed by atoms with E-state index in [4.69, 9.17) is 9.15 Å². The van der Waals surface area contributed by atoms with Crippen LogP contribution in [0.1, 0.15) is 59.6 Å². The Bertz CT molecular complexity index is 507. The fraction of sp³-hybridized carbons (Fsp3) is 0.750. The van der Waals surface area contributed by atoms with Gasteiger partial charge in [0, 0.05) is 20.1 Å². The van der Waals surface area contributed by atoms with Crippen molar-refractivity contribution >= 4 is 5.91 Å². The van der Waals surface area contributed by atoms with Gasteiger partial charge in [0.1, 0.15) is 5.76 Å². The average Bonchev–Trinajstić information content (AvgIpc) is 2.97. The van der Waals surface area contributed by atoms with E-state index >= 15 is 0 Å². The molecular weight excluding hydrogens is 302 g/mol. The van der Waals surface area contributed by atoms with E-state index in [1.807, 2.05) is 17.0 Å². The van der Waals surface area contributed by atoms with Crippen LogP contribution in [0.15, 0.2) is 22.8 Å². The van der Waals surface area contributed by atoms with Gasteiger partial charge in [-0.3, -0.25) is 4.79 Å². The molecule has 0 radical (unpaired) electrons. The first-order chi connectivity index (χ1) is 11.3. The van der Waals surface area contributed by atoms with E-state index in [0.29, 0.717) is 24.3 Å². The van der Waals surface area contributed by atoms with Gasteiger partial charge in [0.25, 0.3) is 0 Å². The standard InChI is InChI=1S/C20H33NO3/c1-15(2)19(17-9-12-24-20(4,5)13-17)8-10-21(16(3)22)14-18-7-6-11-23-18/h6-7,11,15,17,19H,8-10,12-14H2,1-5H3/t17-,19-/m0/s1. The van der Waals surface area contributed by atoms with Gasteiger partial charge in [-0.15, -0.1) is 0 Å². The molecule has 136 valence electrons. The van der Waals surface area contributed by atoms with Gasteiger partial charge in [-0.1, -0.05) is 13.8 Å². The molecule has 0 saturated carbocycles. The van der Waals surface area contributed by atoms with Gasteiger partial charge >= 0.3 is 0 Å². The minimum Gasteiger partial charge on any atom is -0.467 e. The summed E-state index contributed by atoms with van der Waals surface area (Å²) in [6.45, 7) is 12.8. The third-order valence-electron chi connectivity index (χ3n) is 5.30. The van der Waals surface area contributed by atoms with Crippen LogP contribution in [-0.4, -0.2) is 29.6 Å². The van der Waals surface area contributed by atoms with Gasteiger partial charge in [-0.2, -0.15) is 0 Å². The Morgan fingerprint density at radius 3 is 2.71 bits per heavy atom. The van der Waals surface area contributed by atoms with Gasteiger partial charge < -0.3 is 14.1 Å². The van der Waals surface area contributed by atoms with Gasteiger partial charge in [0.15, 0.2) is 0 Å². The zero-order valence-electron chi connectivity index (χ0n) is 15.9. The summed E-state index contributed by atoms with van der Waals surface area (Å²) in [4.78, 5) is 13.9. The summed E-state index contributed by atoms with van der Waals surface area (Å²) in [5.41, 5.74) is -0.0233. The normalized spacial score (nSPS) is 21.7. The van der Waals surface area contributed by atoms with Crippen molar-refractivity contribution in [1.82, 2.24) is 4.90 Å². The predicted octanol–water partition coefficient (Wildman–Crippen LogP) is 4.50. The Labute approximate surface area is 146 Å². The lowest BCUT2D eigenvalue weighted by molar-refractivity contribution is -0.130. The molecule has 0 aromatic carbocycles. The maximum atomic E-state index is 12.0. The predicted molar refractivity (Wildman–Crippen MR) is 95.5 cm³/mol. The number of carbonyl (C=O) groups is 1. The van der Waals surface area contributed by atoms with Crippen LogP contribution in [0.3, 0.4) is 0 Å². The SMILES string of the molecule is CC(=O)N(CC[C@@H](C(C)C)[C@H]1CCOC(C)(C)C1)Cc1ccco1. The van der Waals surface area contributed by atoms with Gasteiger partial charge in [0.05, 0.1) is 18.4 Å². The minimum atomic E-state index is -0.0233. The summed E-state index contributed by atoms with van der Waals surface area (Å²) >= 11 is 0. The summed E-state index contributed by atoms with van der Waals surface area (Å²) in [6, 6.07) is 3.80. The summed E-state index contributed by atoms with van der Waals surface area (Å²) in [5, 5.41) is 0. The molecule has 1 aliphatic heterocycles. The number of furan rings is 1. The Morgan fingerprint density at radius 1 is 1.42 bits per heavy atom. The highest BCUT2D eigenvalue weighted by Gasteiger charge is 2.34. The van der Waals surface area contributed by atoms with E-state index in [0.717, 1.165) is 38.2 Å². The first-order valence-corrected chi connectivity index (χ1v) is 9.20. The first kappa shape index (κ1) is 19.0. The molecule has 4 nitrogen and oxygen atoms in total. The third kappa shape index (κ3) is 5.37. The third-order valence-corrected chi connectivity index (χ3v) is 5.30. The number of nitrogens with zero attached hydrogens (tertiary/aromatic N) is 1. The topological polar surface area (TPSA) is 42.7 Å². The molecule has 0 aliphatic carbocycles. The van der Waals surface area contributed by atoms with E-state index in [2.05, 4.69) is 27.7 Å². The number of ether oxygens (including phenoxy) is 1. The molecular formula is C20H33NO3. The summed E-state index contributed by atoms with van der Waals surface area (Å²) in [7, 11) is 0. The fourth-order valence-electron chi connectivity index (χ4n) is 4.00. The number of carbonyl (C=O) groups excluding carboxylic acids is 1. The van der Waals surface area contributed by atoms with Gasteiger partial charge in [0.2, 0.25) is 5.91 Å². The minimum absolute atomic E-state index is 0.0233. The lowest BCUT2D eigenvalue weighted by atomic mass is 9.73. The summed E-state index contributed by atoms with van der Waals surface area (Å²) in [5.74, 6) is 2.86. The zero-order valence-corrected chi connectivity index (χ0v) is 15.9. The van der Waals surface area contributed by atoms with Crippen LogP contribution in [0.5, 0.6) is 0 Å². The maximum absolute atomic E-state index is 12.0. The lowest BCUT2D eigenvalue weighted by Crippen LogP contribution is -2.39. The molecule has 0 N–H and O–H groups in total. The molecule has 1 aromatic rings. The molecule has 2 rings (SSSR count). The summed E-state index contributed by atoms with van der Waals surface area (Å²) in [6.07, 6.45) is 4.94. The molecule has 1 amide bonds. The van der Waals surface area contributed by atoms with Crippen molar-refractivity contribution in [3.05, 3.63) is 24.2 Å². The molecule has 24 heavy (non-hydrogen) atoms. The number of amides is 1. The van der Waals surface area contributed by atoms with Crippen LogP contribution >= 0.6 is 0 Å². The highest BCUT2D eigenvalue weighted by atomic mass is 16.5. The molecule has 0 unspecified atom stereocenters. The average molecular weight is 335 g/mol. The molecule has 1 aliphatic rings. The van der Waals surface area contributed by atoms with Crippen LogP contribution in [0.2, 0.25) is 0 Å². The Hall–Kier alpha value is -1.29. The fourth-order valence-corrected chi connectivity index (χ4v) is 4.00. The highest BCUT2D eigenvalue weighted by Crippen LogP contribution is 2.38. The van der Waals surface area contributed by atoms with Crippen molar-refractivity contribution in [2.24, 2.45) is 17.8 Å². The molecule has 0 spiro atoms. The molecule has 1 fully saturated rings. The molecule has 2 heterocycles. The number of rotatable bonds is 7. The number of hydrogen-bond donors (Lipinski definition) is 0. The van der Waals surface area contributed by atoms with Crippen LogP contribution in [-0.2, 0) is 16.1 Å². The quantitative estimate of drug-likeness (QED) is 0.737. The van der Waals surface area contributed by atoms with E-state index in [1.165, 1.54) is 0 Å². The van der Waals surface area contributed by atoms with Crippen LogP contribution < -0.4 is 0 Å². The van der Waals surface area contributed by atoms with Crippen molar-refractivity contribution in [3.8, 4) is 0 Å². The molecule has 0 bridgehead atoms. The Morgan fingerprint density at radius 2 is 2.17 bits per heavy atom. The second-order valence-electron chi connectivity index (χ2n) is 8.08. The molecule has 4 heteroatoms. The second-order valence-corrected chi connectivity index (χ2v) is 8.08. The zero-order chi connectivity index (χ0) is 17.7.